The highest BCUT2D eigenvalue weighted by molar-refractivity contribution is 5.34. The van der Waals surface area contributed by atoms with E-state index in [4.69, 9.17) is 0 Å². The van der Waals surface area contributed by atoms with E-state index in [1.807, 2.05) is 0 Å². The molecule has 1 aromatic rings. The first-order chi connectivity index (χ1) is 8.89. The summed E-state index contributed by atoms with van der Waals surface area (Å²) in [6.07, 6.45) is -4.10. The van der Waals surface area contributed by atoms with Crippen LogP contribution in [0.25, 0.3) is 0 Å². The smallest absolute Gasteiger partial charge is 0.317 e. The molecule has 0 aliphatic carbocycles. The summed E-state index contributed by atoms with van der Waals surface area (Å²) < 4.78 is 52.1. The van der Waals surface area contributed by atoms with E-state index in [2.05, 4.69) is 5.32 Å². The maximum Gasteiger partial charge on any atom is 0.416 e. The van der Waals surface area contributed by atoms with E-state index in [0.29, 0.717) is 11.1 Å². The Morgan fingerprint density at radius 3 is 2.37 bits per heavy atom. The first-order valence-electron chi connectivity index (χ1n) is 6.42. The zero-order valence-corrected chi connectivity index (χ0v) is 10.7. The molecule has 1 nitrogen and oxygen atoms in total. The molecule has 1 aliphatic heterocycles. The molecule has 0 spiro atoms. The lowest BCUT2D eigenvalue weighted by Gasteiger charge is -2.27. The maximum atomic E-state index is 14.4. The number of piperidine rings is 1. The van der Waals surface area contributed by atoms with E-state index in [-0.39, 0.29) is 5.92 Å². The molecule has 2 rings (SSSR count). The van der Waals surface area contributed by atoms with Gasteiger partial charge in [-0.2, -0.15) is 13.2 Å². The van der Waals surface area contributed by atoms with Crippen LogP contribution in [-0.2, 0) is 6.18 Å². The lowest BCUT2D eigenvalue weighted by atomic mass is 9.87. The number of nitrogens with one attached hydrogen (secondary N) is 1. The van der Waals surface area contributed by atoms with Crippen LogP contribution in [0.3, 0.4) is 0 Å². The fraction of sp³-hybridized carbons (Fsp3) is 0.571. The number of aryl methyl sites for hydroxylation is 1. The molecule has 1 heterocycles. The summed E-state index contributed by atoms with van der Waals surface area (Å²) in [6, 6.07) is 3.28. The van der Waals surface area contributed by atoms with Gasteiger partial charge in [0.05, 0.1) is 5.56 Å². The fourth-order valence-corrected chi connectivity index (χ4v) is 2.55. The molecule has 0 radical (unpaired) electrons. The Bertz CT molecular complexity index is 436. The summed E-state index contributed by atoms with van der Waals surface area (Å²) in [5.74, 6) is -0.100. The summed E-state index contributed by atoms with van der Waals surface area (Å²) in [4.78, 5) is 0. The number of benzene rings is 1. The molecule has 19 heavy (non-hydrogen) atoms. The minimum absolute atomic E-state index is 0.100. The second-order valence-electron chi connectivity index (χ2n) is 5.06. The van der Waals surface area contributed by atoms with Gasteiger partial charge in [-0.15, -0.1) is 0 Å². The normalized spacial score (nSPS) is 19.4. The van der Waals surface area contributed by atoms with E-state index in [9.17, 15) is 17.6 Å². The van der Waals surface area contributed by atoms with E-state index in [1.54, 1.807) is 0 Å². The maximum absolute atomic E-state index is 14.4. The lowest BCUT2D eigenvalue weighted by Crippen LogP contribution is -2.30. The summed E-state index contributed by atoms with van der Waals surface area (Å²) in [6.45, 7) is 3.08. The molecule has 1 unspecified atom stereocenters. The molecular formula is C14H17F4N. The predicted molar refractivity (Wildman–Crippen MR) is 65.6 cm³/mol. The van der Waals surface area contributed by atoms with E-state index in [1.165, 1.54) is 13.0 Å². The summed E-state index contributed by atoms with van der Waals surface area (Å²) in [5.41, 5.74) is 0.0482. The fourth-order valence-electron chi connectivity index (χ4n) is 2.55. The van der Waals surface area contributed by atoms with Crippen molar-refractivity contribution in [3.63, 3.8) is 0 Å². The van der Waals surface area contributed by atoms with Crippen molar-refractivity contribution in [2.75, 3.05) is 13.1 Å². The first kappa shape index (κ1) is 14.3. The van der Waals surface area contributed by atoms with Gasteiger partial charge in [0, 0.05) is 0 Å². The van der Waals surface area contributed by atoms with Gasteiger partial charge in [0.2, 0.25) is 0 Å². The lowest BCUT2D eigenvalue weighted by molar-refractivity contribution is -0.137. The Hall–Kier alpha value is -1.10. The molecule has 1 saturated heterocycles. The van der Waals surface area contributed by atoms with E-state index < -0.39 is 17.9 Å². The molecule has 1 aromatic carbocycles. The molecule has 1 N–H and O–H groups in total. The minimum Gasteiger partial charge on any atom is -0.317 e. The van der Waals surface area contributed by atoms with Gasteiger partial charge in [0.25, 0.3) is 0 Å². The Morgan fingerprint density at radius 2 is 1.84 bits per heavy atom. The van der Waals surface area contributed by atoms with Crippen molar-refractivity contribution in [2.45, 2.75) is 32.1 Å². The van der Waals surface area contributed by atoms with E-state index in [0.717, 1.165) is 38.1 Å². The Morgan fingerprint density at radius 1 is 1.21 bits per heavy atom. The molecule has 0 bridgehead atoms. The molecule has 0 amide bonds. The van der Waals surface area contributed by atoms with Gasteiger partial charge in [-0.1, -0.05) is 6.07 Å². The Balaban J connectivity index is 2.20. The van der Waals surface area contributed by atoms with Gasteiger partial charge < -0.3 is 5.32 Å². The van der Waals surface area contributed by atoms with Crippen molar-refractivity contribution in [3.8, 4) is 0 Å². The van der Waals surface area contributed by atoms with Crippen LogP contribution in [-0.4, -0.2) is 13.1 Å². The van der Waals surface area contributed by atoms with Crippen molar-refractivity contribution in [1.82, 2.24) is 5.32 Å². The number of hydrogen-bond donors (Lipinski definition) is 1. The van der Waals surface area contributed by atoms with Crippen molar-refractivity contribution in [1.29, 1.82) is 0 Å². The monoisotopic (exact) mass is 275 g/mol. The highest BCUT2D eigenvalue weighted by Crippen LogP contribution is 2.36. The Labute approximate surface area is 110 Å². The summed E-state index contributed by atoms with van der Waals surface area (Å²) in [5, 5.41) is 3.15. The molecule has 1 aliphatic rings. The van der Waals surface area contributed by atoms with Crippen LogP contribution in [0.15, 0.2) is 18.2 Å². The second kappa shape index (κ2) is 5.49. The summed E-state index contributed by atoms with van der Waals surface area (Å²) in [7, 11) is 0. The van der Waals surface area contributed by atoms with Crippen LogP contribution in [0.2, 0.25) is 0 Å². The molecule has 5 heteroatoms. The SMILES string of the molecule is Cc1cc(C(F)(F)F)ccc1C(F)C1CCNCC1. The molecule has 106 valence electrons. The molecule has 1 fully saturated rings. The molecule has 0 saturated carbocycles. The van der Waals surface area contributed by atoms with Crippen LogP contribution >= 0.6 is 0 Å². The molecular weight excluding hydrogens is 258 g/mol. The third kappa shape index (κ3) is 3.26. The molecule has 0 aromatic heterocycles. The van der Waals surface area contributed by atoms with Gasteiger partial charge in [-0.3, -0.25) is 0 Å². The van der Waals surface area contributed by atoms with Crippen LogP contribution in [0.1, 0.15) is 35.7 Å². The highest BCUT2D eigenvalue weighted by Gasteiger charge is 2.32. The third-order valence-electron chi connectivity index (χ3n) is 3.69. The average Bonchev–Trinajstić information content (AvgIpc) is 2.38. The second-order valence-corrected chi connectivity index (χ2v) is 5.06. The first-order valence-corrected chi connectivity index (χ1v) is 6.42. The minimum atomic E-state index is -4.37. The predicted octanol–water partition coefficient (Wildman–Crippen LogP) is 4.02. The molecule has 1 atom stereocenters. The van der Waals surface area contributed by atoms with Gasteiger partial charge in [-0.25, -0.2) is 4.39 Å². The van der Waals surface area contributed by atoms with Gasteiger partial charge in [0.1, 0.15) is 6.17 Å². The topological polar surface area (TPSA) is 12.0 Å². The van der Waals surface area contributed by atoms with Crippen LogP contribution in [0.4, 0.5) is 17.6 Å². The van der Waals surface area contributed by atoms with Gasteiger partial charge in [-0.05, 0) is 62.0 Å². The number of alkyl halides is 4. The van der Waals surface area contributed by atoms with Crippen LogP contribution in [0, 0.1) is 12.8 Å². The van der Waals surface area contributed by atoms with Crippen molar-refractivity contribution in [2.24, 2.45) is 5.92 Å². The number of halogens is 4. The highest BCUT2D eigenvalue weighted by atomic mass is 19.4. The Kier molecular flexibility index (Phi) is 4.13. The van der Waals surface area contributed by atoms with E-state index >= 15 is 0 Å². The zero-order chi connectivity index (χ0) is 14.0. The third-order valence-corrected chi connectivity index (χ3v) is 3.69. The average molecular weight is 275 g/mol. The summed E-state index contributed by atoms with van der Waals surface area (Å²) >= 11 is 0. The number of rotatable bonds is 2. The standard InChI is InChI=1S/C14H17F4N/c1-9-8-11(14(16,17)18)2-3-12(9)13(15)10-4-6-19-7-5-10/h2-3,8,10,13,19H,4-7H2,1H3. The van der Waals surface area contributed by atoms with Gasteiger partial charge >= 0.3 is 6.18 Å². The van der Waals surface area contributed by atoms with Crippen molar-refractivity contribution >= 4 is 0 Å². The van der Waals surface area contributed by atoms with Gasteiger partial charge in [0.15, 0.2) is 0 Å². The van der Waals surface area contributed by atoms with Crippen LogP contribution < -0.4 is 5.32 Å². The largest absolute Gasteiger partial charge is 0.416 e. The number of hydrogen-bond acceptors (Lipinski definition) is 1. The quantitative estimate of drug-likeness (QED) is 0.804. The van der Waals surface area contributed by atoms with Crippen molar-refractivity contribution in [3.05, 3.63) is 34.9 Å². The zero-order valence-electron chi connectivity index (χ0n) is 10.7. The van der Waals surface area contributed by atoms with Crippen molar-refractivity contribution < 1.29 is 17.6 Å². The van der Waals surface area contributed by atoms with Crippen LogP contribution in [0.5, 0.6) is 0 Å².